The Kier molecular flexibility index (Phi) is 12.5. The van der Waals surface area contributed by atoms with Crippen LogP contribution in [0.4, 0.5) is 11.6 Å². The van der Waals surface area contributed by atoms with E-state index >= 15 is 0 Å². The molecule has 20 heteroatoms. The zero-order valence-corrected chi connectivity index (χ0v) is 34.1. The van der Waals surface area contributed by atoms with Gasteiger partial charge in [0.05, 0.1) is 24.8 Å². The number of pyridine rings is 2. The van der Waals surface area contributed by atoms with Crippen molar-refractivity contribution in [3.05, 3.63) is 112 Å². The number of nitrogens with one attached hydrogen (secondary N) is 1. The lowest BCUT2D eigenvalue weighted by Crippen LogP contribution is -2.68. The van der Waals surface area contributed by atoms with Crippen molar-refractivity contribution >= 4 is 41.0 Å². The normalized spacial score (nSPS) is 22.5. The molecule has 63 heavy (non-hydrogen) atoms. The van der Waals surface area contributed by atoms with Gasteiger partial charge in [0.2, 0.25) is 12.1 Å². The molecule has 4 aromatic rings. The van der Waals surface area contributed by atoms with E-state index in [1.54, 1.807) is 18.3 Å². The second kappa shape index (κ2) is 17.8. The van der Waals surface area contributed by atoms with Gasteiger partial charge in [0.1, 0.15) is 52.8 Å². The van der Waals surface area contributed by atoms with Crippen LogP contribution in [0.1, 0.15) is 66.4 Å². The molecule has 2 aliphatic heterocycles. The van der Waals surface area contributed by atoms with Gasteiger partial charge in [0, 0.05) is 73.4 Å². The van der Waals surface area contributed by atoms with E-state index in [4.69, 9.17) is 31.4 Å². The van der Waals surface area contributed by atoms with E-state index in [0.29, 0.717) is 29.8 Å². The molecule has 330 valence electrons. The maximum atomic E-state index is 14.6. The number of aliphatic hydroxyl groups is 4. The molecule has 0 radical (unpaired) electrons. The molecule has 20 nitrogen and oxygen atoms in total. The van der Waals surface area contributed by atoms with Gasteiger partial charge < -0.3 is 62.3 Å². The lowest BCUT2D eigenvalue weighted by molar-refractivity contribution is -0.315. The Hall–Kier alpha value is -6.97. The van der Waals surface area contributed by atoms with Crippen LogP contribution in [0, 0.1) is 0 Å². The van der Waals surface area contributed by atoms with Crippen LogP contribution < -0.4 is 32.0 Å². The van der Waals surface area contributed by atoms with Crippen LogP contribution in [0.3, 0.4) is 0 Å². The highest BCUT2D eigenvalue weighted by Gasteiger charge is 2.56. The predicted molar refractivity (Wildman–Crippen MR) is 224 cm³/mol. The smallest absolute Gasteiger partial charge is 0.253 e. The van der Waals surface area contributed by atoms with Crippen LogP contribution in [0.25, 0.3) is 0 Å². The number of hydrogen-bond donors (Lipinski definition) is 9. The average molecular weight is 867 g/mol. The number of anilines is 2. The van der Waals surface area contributed by atoms with E-state index in [2.05, 4.69) is 20.3 Å². The molecule has 6 unspecified atom stereocenters. The molecule has 12 N–H and O–H groups in total. The largest absolute Gasteiger partial charge is 0.507 e. The Morgan fingerprint density at radius 2 is 1.71 bits per heavy atom. The second-order valence-electron chi connectivity index (χ2n) is 15.3. The third-order valence-electron chi connectivity index (χ3n) is 11.5. The number of ketones is 2. The number of hydrogen-bond acceptors (Lipinski definition) is 17. The number of aromatic nitrogens is 2. The highest BCUT2D eigenvalue weighted by atomic mass is 16.7. The highest BCUT2D eigenvalue weighted by molar-refractivity contribution is 6.30. The highest BCUT2D eigenvalue weighted by Crippen LogP contribution is 2.44. The van der Waals surface area contributed by atoms with E-state index in [9.17, 15) is 44.7 Å². The third kappa shape index (κ3) is 8.49. The zero-order chi connectivity index (χ0) is 45.3. The molecule has 1 aliphatic carbocycles. The molecule has 1 fully saturated rings. The molecule has 3 aliphatic rings. The van der Waals surface area contributed by atoms with Crippen molar-refractivity contribution in [2.24, 2.45) is 10.7 Å². The number of carbonyl (C=O) groups excluding carboxylic acids is 4. The number of phenolic OH excluding ortho intramolecular Hbond substituents is 1. The number of aliphatic hydroxyl groups excluding tert-OH is 3. The van der Waals surface area contributed by atoms with Crippen LogP contribution in [0.5, 0.6) is 17.2 Å². The summed E-state index contributed by atoms with van der Waals surface area (Å²) >= 11 is 0. The van der Waals surface area contributed by atoms with Crippen molar-refractivity contribution in [1.29, 1.82) is 0 Å². The summed E-state index contributed by atoms with van der Waals surface area (Å²) < 4.78 is 17.5. The van der Waals surface area contributed by atoms with E-state index < -0.39 is 78.3 Å². The Morgan fingerprint density at radius 1 is 0.984 bits per heavy atom. The molecule has 4 heterocycles. The fraction of sp³-hybridized carbons (Fsp3) is 0.326. The van der Waals surface area contributed by atoms with E-state index in [0.717, 1.165) is 22.6 Å². The fourth-order valence-corrected chi connectivity index (χ4v) is 8.10. The van der Waals surface area contributed by atoms with Crippen molar-refractivity contribution in [3.63, 3.8) is 0 Å². The number of nitrogens with zero attached hydrogens (tertiary/aromatic N) is 4. The number of benzene rings is 2. The second-order valence-corrected chi connectivity index (χ2v) is 15.3. The standard InChI is InChI=1S/C43H46N8O12/c1-47-42(46)50-17-27-22(5-3-20-4-6-30(44)49-16-20)11-25-35(37(27)56)38(57)34-26(36(25)55)13-24(61-2)14-28(34)62-41-39(58)40(59)43(60,29(19-52)63-41)15-23(21-9-10-48-31(45)12-21)18-51-32(53)7-8-33(51)54/h4,6-14,16,23,29,39-41,52,56,58-60H,3,5,15,17-19H2,1-2H3,(H2,44,49)(H2,45,48)(H3,46,47,50). The minimum Gasteiger partial charge on any atom is -0.507 e. The molecule has 0 bridgehead atoms. The van der Waals surface area contributed by atoms with Gasteiger partial charge in [-0.3, -0.25) is 29.1 Å². The molecule has 2 aromatic heterocycles. The molecule has 0 spiro atoms. The minimum absolute atomic E-state index is 0.0457. The Balaban J connectivity index is 1.22. The van der Waals surface area contributed by atoms with Gasteiger partial charge in [-0.2, -0.15) is 0 Å². The van der Waals surface area contributed by atoms with Gasteiger partial charge in [0.25, 0.3) is 11.8 Å². The summed E-state index contributed by atoms with van der Waals surface area (Å²) in [5.74, 6) is -4.05. The van der Waals surface area contributed by atoms with Gasteiger partial charge >= 0.3 is 0 Å². The number of aromatic hydroxyl groups is 1. The molecule has 2 aromatic carbocycles. The summed E-state index contributed by atoms with van der Waals surface area (Å²) in [4.78, 5) is 67.1. The first-order valence-electron chi connectivity index (χ1n) is 19.7. The first-order chi connectivity index (χ1) is 30.1. The minimum atomic E-state index is -2.46. The van der Waals surface area contributed by atoms with Crippen molar-refractivity contribution in [1.82, 2.24) is 20.2 Å². The maximum absolute atomic E-state index is 14.6. The lowest BCUT2D eigenvalue weighted by atomic mass is 9.75. The van der Waals surface area contributed by atoms with Crippen molar-refractivity contribution < 1.29 is 58.9 Å². The summed E-state index contributed by atoms with van der Waals surface area (Å²) in [5, 5.41) is 60.7. The van der Waals surface area contributed by atoms with Crippen molar-refractivity contribution in [2.75, 3.05) is 38.8 Å². The number of phenols is 1. The maximum Gasteiger partial charge on any atom is 0.253 e. The number of ether oxygens (including phenoxy) is 3. The Labute approximate surface area is 359 Å². The number of aryl methyl sites for hydroxylation is 2. The molecule has 1 saturated heterocycles. The van der Waals surface area contributed by atoms with Gasteiger partial charge in [-0.05, 0) is 66.3 Å². The predicted octanol–water partition coefficient (Wildman–Crippen LogP) is -0.402. The van der Waals surface area contributed by atoms with Crippen LogP contribution in [-0.2, 0) is 33.7 Å². The van der Waals surface area contributed by atoms with Gasteiger partial charge in [0.15, 0.2) is 11.7 Å². The number of nitrogen functional groups attached to an aromatic ring is 2. The van der Waals surface area contributed by atoms with Crippen LogP contribution in [-0.4, -0.2) is 127 Å². The number of fused-ring (bicyclic) bond motifs is 2. The van der Waals surface area contributed by atoms with Crippen molar-refractivity contribution in [2.45, 2.75) is 61.9 Å². The first-order valence-corrected chi connectivity index (χ1v) is 19.7. The molecule has 7 rings (SSSR count). The number of amides is 2. The van der Waals surface area contributed by atoms with Gasteiger partial charge in [-0.15, -0.1) is 0 Å². The SMILES string of the molecule is CN=C(N)NCc1c(CCc2ccc(N)nc2)cc2c(c1O)C(=O)c1c(OC3OC(CO)C(O)(CC(CN4C(=O)C=CC4=O)c4ccnc(N)c4)C(O)C3O)cc(OC)cc1C2=O. The zero-order valence-electron chi connectivity index (χ0n) is 34.1. The molecule has 2 amide bonds. The van der Waals surface area contributed by atoms with Gasteiger partial charge in [-0.1, -0.05) is 6.07 Å². The summed E-state index contributed by atoms with van der Waals surface area (Å²) in [7, 11) is 2.77. The average Bonchev–Trinajstić information content (AvgIpc) is 3.59. The molecular weight excluding hydrogens is 821 g/mol. The quantitative estimate of drug-likeness (QED) is 0.0389. The van der Waals surface area contributed by atoms with E-state index in [-0.39, 0.29) is 64.2 Å². The number of carbonyl (C=O) groups is 4. The number of aliphatic imine (C=N–C) groups is 1. The Bertz CT molecular complexity index is 2510. The van der Waals surface area contributed by atoms with Crippen molar-refractivity contribution in [3.8, 4) is 17.2 Å². The van der Waals surface area contributed by atoms with Crippen LogP contribution in [0.15, 0.2) is 72.0 Å². The van der Waals surface area contributed by atoms with E-state index in [1.807, 2.05) is 0 Å². The number of guanidine groups is 1. The van der Waals surface area contributed by atoms with Crippen LogP contribution in [0.2, 0.25) is 0 Å². The first kappa shape index (κ1) is 44.1. The Morgan fingerprint density at radius 3 is 2.37 bits per heavy atom. The molecular formula is C43H46N8O12. The summed E-state index contributed by atoms with van der Waals surface area (Å²) in [5.41, 5.74) is 16.2. The van der Waals surface area contributed by atoms with Gasteiger partial charge in [-0.25, -0.2) is 9.97 Å². The molecule has 0 saturated carbocycles. The fourth-order valence-electron chi connectivity index (χ4n) is 8.10. The third-order valence-corrected chi connectivity index (χ3v) is 11.5. The number of nitrogens with two attached hydrogens (primary N) is 3. The summed E-state index contributed by atoms with van der Waals surface area (Å²) in [6, 6.07) is 10.5. The topological polar surface area (TPSA) is 329 Å². The van der Waals surface area contributed by atoms with Crippen LogP contribution >= 0.6 is 0 Å². The lowest BCUT2D eigenvalue weighted by Gasteiger charge is -2.49. The summed E-state index contributed by atoms with van der Waals surface area (Å²) in [6.07, 6.45) is -2.42. The number of methoxy groups -OCH3 is 1. The number of imide groups is 1. The monoisotopic (exact) mass is 866 g/mol. The number of rotatable bonds is 14. The van der Waals surface area contributed by atoms with E-state index in [1.165, 1.54) is 50.7 Å². The molecule has 6 atom stereocenters. The summed E-state index contributed by atoms with van der Waals surface area (Å²) in [6.45, 7) is -1.32.